The number of halogens is 1. The van der Waals surface area contributed by atoms with E-state index in [2.05, 4.69) is 25.4 Å². The first-order valence-electron chi connectivity index (χ1n) is 13.5. The molecule has 0 fully saturated rings. The molecular formula is C31H38FN7O2. The first-order valence-corrected chi connectivity index (χ1v) is 13.5. The van der Waals surface area contributed by atoms with Crippen LogP contribution in [0, 0.1) is 11.7 Å². The Kier molecular flexibility index (Phi) is 9.24. The average Bonchev–Trinajstić information content (AvgIpc) is 3.26. The molecule has 0 aliphatic carbocycles. The summed E-state index contributed by atoms with van der Waals surface area (Å²) in [4.78, 5) is 26.1. The van der Waals surface area contributed by atoms with Crippen molar-refractivity contribution in [3.8, 4) is 17.0 Å². The minimum Gasteiger partial charge on any atom is -0.494 e. The molecule has 0 spiro atoms. The monoisotopic (exact) mass is 559 g/mol. The number of ether oxygens (including phenoxy) is 1. The molecule has 41 heavy (non-hydrogen) atoms. The zero-order valence-electron chi connectivity index (χ0n) is 24.7. The SMILES string of the molecule is COc1cc(N(C)CCN(C)C)c(NC(=O)/C=C\C(C)C)cc1Nc1nccc(-c2cn(C)c3ccc(F)cc23)n1. The highest BCUT2D eigenvalue weighted by atomic mass is 19.1. The summed E-state index contributed by atoms with van der Waals surface area (Å²) in [5.74, 6) is 0.612. The summed E-state index contributed by atoms with van der Waals surface area (Å²) in [5, 5.41) is 7.04. The molecule has 2 heterocycles. The maximum atomic E-state index is 14.1. The van der Waals surface area contributed by atoms with E-state index in [1.807, 2.05) is 71.0 Å². The zero-order valence-corrected chi connectivity index (χ0v) is 24.7. The molecule has 0 aliphatic rings. The van der Waals surface area contributed by atoms with Gasteiger partial charge in [-0.3, -0.25) is 4.79 Å². The van der Waals surface area contributed by atoms with Crippen molar-refractivity contribution < 1.29 is 13.9 Å². The zero-order chi connectivity index (χ0) is 29.7. The molecular weight excluding hydrogens is 521 g/mol. The van der Waals surface area contributed by atoms with Crippen molar-refractivity contribution in [2.75, 3.05) is 56.9 Å². The molecule has 2 aromatic carbocycles. The molecule has 0 saturated heterocycles. The predicted octanol–water partition coefficient (Wildman–Crippen LogP) is 5.68. The number of amides is 1. The fraction of sp³-hybridized carbons (Fsp3) is 0.323. The molecule has 0 unspecified atom stereocenters. The molecule has 1 amide bonds. The Bertz CT molecular complexity index is 1560. The number of nitrogens with one attached hydrogen (secondary N) is 2. The largest absolute Gasteiger partial charge is 0.494 e. The van der Waals surface area contributed by atoms with E-state index >= 15 is 0 Å². The summed E-state index contributed by atoms with van der Waals surface area (Å²) in [6.07, 6.45) is 6.97. The number of benzene rings is 2. The Morgan fingerprint density at radius 3 is 2.61 bits per heavy atom. The lowest BCUT2D eigenvalue weighted by molar-refractivity contribution is -0.111. The van der Waals surface area contributed by atoms with Gasteiger partial charge in [-0.15, -0.1) is 0 Å². The van der Waals surface area contributed by atoms with E-state index in [1.165, 1.54) is 12.1 Å². The first-order chi connectivity index (χ1) is 19.5. The second-order valence-corrected chi connectivity index (χ2v) is 10.6. The van der Waals surface area contributed by atoms with Crippen molar-refractivity contribution in [2.45, 2.75) is 13.8 Å². The summed E-state index contributed by atoms with van der Waals surface area (Å²) in [5.41, 5.74) is 4.35. The van der Waals surface area contributed by atoms with Gasteiger partial charge in [0.15, 0.2) is 0 Å². The van der Waals surface area contributed by atoms with Crippen molar-refractivity contribution in [3.63, 3.8) is 0 Å². The van der Waals surface area contributed by atoms with Gasteiger partial charge in [0.05, 0.1) is 29.9 Å². The Balaban J connectivity index is 1.71. The van der Waals surface area contributed by atoms with Crippen LogP contribution in [0.25, 0.3) is 22.2 Å². The highest BCUT2D eigenvalue weighted by molar-refractivity contribution is 6.02. The maximum Gasteiger partial charge on any atom is 0.248 e. The molecule has 0 atom stereocenters. The molecule has 0 bridgehead atoms. The van der Waals surface area contributed by atoms with Gasteiger partial charge in [0.25, 0.3) is 0 Å². The molecule has 9 nitrogen and oxygen atoms in total. The number of carbonyl (C=O) groups excluding carboxylic acids is 1. The quantitative estimate of drug-likeness (QED) is 0.229. The molecule has 4 aromatic rings. The Labute approximate surface area is 240 Å². The Morgan fingerprint density at radius 1 is 1.12 bits per heavy atom. The lowest BCUT2D eigenvalue weighted by atomic mass is 10.1. The molecule has 0 radical (unpaired) electrons. The summed E-state index contributed by atoms with van der Waals surface area (Å²) in [6, 6.07) is 10.2. The van der Waals surface area contributed by atoms with Gasteiger partial charge >= 0.3 is 0 Å². The summed E-state index contributed by atoms with van der Waals surface area (Å²) < 4.78 is 21.8. The third kappa shape index (κ3) is 7.20. The van der Waals surface area contributed by atoms with Gasteiger partial charge < -0.3 is 29.7 Å². The number of anilines is 4. The van der Waals surface area contributed by atoms with Crippen LogP contribution in [-0.4, -0.2) is 66.7 Å². The van der Waals surface area contributed by atoms with Crippen LogP contribution in [-0.2, 0) is 11.8 Å². The van der Waals surface area contributed by atoms with Gasteiger partial charge in [-0.25, -0.2) is 14.4 Å². The van der Waals surface area contributed by atoms with Gasteiger partial charge in [-0.1, -0.05) is 19.9 Å². The fourth-order valence-corrected chi connectivity index (χ4v) is 4.43. The highest BCUT2D eigenvalue weighted by Crippen LogP contribution is 2.38. The Hall–Kier alpha value is -4.44. The number of likely N-dealkylation sites (N-methyl/N-ethyl adjacent to an activating group) is 2. The Morgan fingerprint density at radius 2 is 1.90 bits per heavy atom. The van der Waals surface area contributed by atoms with Gasteiger partial charge in [-0.05, 0) is 56.4 Å². The topological polar surface area (TPSA) is 87.5 Å². The summed E-state index contributed by atoms with van der Waals surface area (Å²) in [6.45, 7) is 5.60. The summed E-state index contributed by atoms with van der Waals surface area (Å²) >= 11 is 0. The number of aromatic nitrogens is 3. The fourth-order valence-electron chi connectivity index (χ4n) is 4.43. The second-order valence-electron chi connectivity index (χ2n) is 10.6. The third-order valence-electron chi connectivity index (χ3n) is 6.63. The van der Waals surface area contributed by atoms with Crippen molar-refractivity contribution in [1.29, 1.82) is 0 Å². The van der Waals surface area contributed by atoms with Crippen LogP contribution in [0.2, 0.25) is 0 Å². The van der Waals surface area contributed by atoms with Gasteiger partial charge in [0.1, 0.15) is 11.6 Å². The molecule has 4 rings (SSSR count). The minimum atomic E-state index is -0.310. The van der Waals surface area contributed by atoms with Gasteiger partial charge in [-0.2, -0.15) is 0 Å². The van der Waals surface area contributed by atoms with E-state index in [1.54, 1.807) is 31.5 Å². The number of aryl methyl sites for hydroxylation is 1. The summed E-state index contributed by atoms with van der Waals surface area (Å²) in [7, 11) is 9.52. The maximum absolute atomic E-state index is 14.1. The lowest BCUT2D eigenvalue weighted by Gasteiger charge is -2.26. The molecule has 10 heteroatoms. The molecule has 0 aliphatic heterocycles. The number of rotatable bonds is 11. The van der Waals surface area contributed by atoms with Crippen LogP contribution in [0.1, 0.15) is 13.8 Å². The molecule has 2 N–H and O–H groups in total. The number of carbonyl (C=O) groups is 1. The van der Waals surface area contributed by atoms with Crippen LogP contribution in [0.4, 0.5) is 27.4 Å². The molecule has 216 valence electrons. The van der Waals surface area contributed by atoms with Crippen LogP contribution in [0.15, 0.2) is 60.9 Å². The smallest absolute Gasteiger partial charge is 0.248 e. The number of hydrogen-bond donors (Lipinski definition) is 2. The van der Waals surface area contributed by atoms with Gasteiger partial charge in [0, 0.05) is 62.1 Å². The second kappa shape index (κ2) is 12.8. The van der Waals surface area contributed by atoms with Crippen LogP contribution in [0.3, 0.4) is 0 Å². The van der Waals surface area contributed by atoms with E-state index in [0.29, 0.717) is 28.8 Å². The normalized spacial score (nSPS) is 11.6. The number of methoxy groups -OCH3 is 1. The standard InChI is InChI=1S/C31H38FN7O2/c1-20(2)8-11-30(40)34-25-17-26(29(41-7)18-28(25)38(5)15-14-37(3)4)36-31-33-13-12-24(35-31)23-19-39(6)27-10-9-21(32)16-22(23)27/h8-13,16-20H,14-15H2,1-7H3,(H,34,40)(H,33,35,36)/b11-8-. The van der Waals surface area contributed by atoms with Crippen molar-refractivity contribution in [2.24, 2.45) is 13.0 Å². The number of hydrogen-bond acceptors (Lipinski definition) is 7. The lowest BCUT2D eigenvalue weighted by Crippen LogP contribution is -2.29. The highest BCUT2D eigenvalue weighted by Gasteiger charge is 2.17. The third-order valence-corrected chi connectivity index (χ3v) is 6.63. The van der Waals surface area contributed by atoms with E-state index < -0.39 is 0 Å². The van der Waals surface area contributed by atoms with Crippen molar-refractivity contribution >= 4 is 39.8 Å². The van der Waals surface area contributed by atoms with E-state index in [4.69, 9.17) is 9.72 Å². The average molecular weight is 560 g/mol. The number of nitrogens with zero attached hydrogens (tertiary/aromatic N) is 5. The van der Waals surface area contributed by atoms with Crippen LogP contribution >= 0.6 is 0 Å². The minimum absolute atomic E-state index is 0.224. The number of fused-ring (bicyclic) bond motifs is 1. The van der Waals surface area contributed by atoms with Crippen LogP contribution in [0.5, 0.6) is 5.75 Å². The predicted molar refractivity (Wildman–Crippen MR) is 165 cm³/mol. The van der Waals surface area contributed by atoms with E-state index in [-0.39, 0.29) is 17.6 Å². The van der Waals surface area contributed by atoms with Gasteiger partial charge in [0.2, 0.25) is 11.9 Å². The van der Waals surface area contributed by atoms with Crippen molar-refractivity contribution in [1.82, 2.24) is 19.4 Å². The van der Waals surface area contributed by atoms with E-state index in [0.717, 1.165) is 35.2 Å². The van der Waals surface area contributed by atoms with Crippen molar-refractivity contribution in [3.05, 3.63) is 66.8 Å². The first kappa shape index (κ1) is 29.5. The van der Waals surface area contributed by atoms with Crippen LogP contribution < -0.4 is 20.3 Å². The molecule has 0 saturated carbocycles. The molecule has 2 aromatic heterocycles. The van der Waals surface area contributed by atoms with E-state index in [9.17, 15) is 9.18 Å². The number of allylic oxidation sites excluding steroid dienone is 1.